The van der Waals surface area contributed by atoms with Gasteiger partial charge in [-0.25, -0.2) is 9.66 Å². The minimum absolute atomic E-state index is 1.00. The van der Waals surface area contributed by atoms with E-state index < -0.39 is 0 Å². The summed E-state index contributed by atoms with van der Waals surface area (Å²) in [5.74, 6) is 0. The fourth-order valence-electron chi connectivity index (χ4n) is 1.25. The lowest BCUT2D eigenvalue weighted by Crippen LogP contribution is -2.10. The molecule has 0 saturated carbocycles. The summed E-state index contributed by atoms with van der Waals surface area (Å²) in [6.07, 6.45) is 9.13. The van der Waals surface area contributed by atoms with Crippen LogP contribution >= 0.6 is 0 Å². The predicted octanol–water partition coefficient (Wildman–Crippen LogP) is 0.891. The van der Waals surface area contributed by atoms with E-state index in [-0.39, 0.29) is 0 Å². The van der Waals surface area contributed by atoms with Crippen LogP contribution in [0.15, 0.2) is 42.2 Å². The minimum Gasteiger partial charge on any atom is -0.303 e. The molecule has 0 fully saturated rings. The van der Waals surface area contributed by atoms with Crippen molar-refractivity contribution in [2.24, 2.45) is 5.10 Å². The first-order valence-corrected chi connectivity index (χ1v) is 4.64. The van der Waals surface area contributed by atoms with Crippen molar-refractivity contribution in [3.05, 3.63) is 42.7 Å². The number of nitrogens with zero attached hydrogens (tertiary/aromatic N) is 5. The molecule has 2 aromatic rings. The Morgan fingerprint density at radius 3 is 2.93 bits per heavy atom. The molecule has 2 rings (SSSR count). The first-order valence-electron chi connectivity index (χ1n) is 4.64. The zero-order valence-corrected chi connectivity index (χ0v) is 8.78. The third kappa shape index (κ3) is 2.07. The van der Waals surface area contributed by atoms with Gasteiger partial charge in [0.15, 0.2) is 0 Å². The van der Waals surface area contributed by atoms with Gasteiger partial charge in [0.25, 0.3) is 0 Å². The summed E-state index contributed by atoms with van der Waals surface area (Å²) in [4.78, 5) is 4.00. The van der Waals surface area contributed by atoms with Crippen LogP contribution < -0.4 is 0 Å². The quantitative estimate of drug-likeness (QED) is 0.549. The van der Waals surface area contributed by atoms with Gasteiger partial charge in [0, 0.05) is 32.7 Å². The minimum atomic E-state index is 1.00. The molecule has 0 saturated heterocycles. The Hall–Kier alpha value is -2.04. The standard InChI is InChI=1S/C10H13N5/c1-13(2)12-8-10-4-3-6-15(10)14-7-5-11-9-14/h3-9H,1-2H3. The highest BCUT2D eigenvalue weighted by Crippen LogP contribution is 2.00. The molecule has 2 aromatic heterocycles. The Morgan fingerprint density at radius 2 is 2.27 bits per heavy atom. The van der Waals surface area contributed by atoms with E-state index in [0.717, 1.165) is 5.69 Å². The molecule has 0 aliphatic rings. The van der Waals surface area contributed by atoms with E-state index in [1.807, 2.05) is 48.0 Å². The summed E-state index contributed by atoms with van der Waals surface area (Å²) in [5, 5.41) is 5.95. The maximum Gasteiger partial charge on any atom is 0.115 e. The monoisotopic (exact) mass is 203 g/mol. The van der Waals surface area contributed by atoms with Gasteiger partial charge < -0.3 is 5.01 Å². The van der Waals surface area contributed by atoms with Gasteiger partial charge in [-0.05, 0) is 12.1 Å². The normalized spacial score (nSPS) is 11.1. The highest BCUT2D eigenvalue weighted by atomic mass is 15.5. The average Bonchev–Trinajstić information content (AvgIpc) is 2.85. The zero-order valence-electron chi connectivity index (χ0n) is 8.78. The van der Waals surface area contributed by atoms with Crippen molar-refractivity contribution in [2.75, 3.05) is 14.1 Å². The number of hydrogen-bond donors (Lipinski definition) is 0. The SMILES string of the molecule is CN(C)N=Cc1cccn1-n1ccnc1. The third-order valence-corrected chi connectivity index (χ3v) is 1.92. The zero-order chi connectivity index (χ0) is 10.7. The molecule has 0 radical (unpaired) electrons. The number of imidazole rings is 1. The summed E-state index contributed by atoms with van der Waals surface area (Å²) >= 11 is 0. The van der Waals surface area contributed by atoms with E-state index in [0.29, 0.717) is 0 Å². The second-order valence-electron chi connectivity index (χ2n) is 3.31. The van der Waals surface area contributed by atoms with Gasteiger partial charge in [0.05, 0.1) is 11.9 Å². The predicted molar refractivity (Wildman–Crippen MR) is 58.7 cm³/mol. The van der Waals surface area contributed by atoms with Crippen molar-refractivity contribution in [3.8, 4) is 0 Å². The fraction of sp³-hybridized carbons (Fsp3) is 0.200. The molecule has 0 N–H and O–H groups in total. The van der Waals surface area contributed by atoms with Gasteiger partial charge in [-0.2, -0.15) is 5.10 Å². The molecular formula is C10H13N5. The van der Waals surface area contributed by atoms with Crippen molar-refractivity contribution >= 4 is 6.21 Å². The first-order chi connectivity index (χ1) is 7.27. The molecule has 5 nitrogen and oxygen atoms in total. The van der Waals surface area contributed by atoms with Crippen molar-refractivity contribution in [1.82, 2.24) is 19.3 Å². The molecule has 0 aliphatic heterocycles. The summed E-state index contributed by atoms with van der Waals surface area (Å²) in [7, 11) is 3.78. The maximum atomic E-state index is 4.19. The topological polar surface area (TPSA) is 38.4 Å². The van der Waals surface area contributed by atoms with E-state index in [9.17, 15) is 0 Å². The Balaban J connectivity index is 2.31. The first kappa shape index (κ1) is 9.51. The van der Waals surface area contributed by atoms with Gasteiger partial charge in [0.1, 0.15) is 6.33 Å². The fourth-order valence-corrected chi connectivity index (χ4v) is 1.25. The Kier molecular flexibility index (Phi) is 2.53. The van der Waals surface area contributed by atoms with Crippen LogP contribution in [0.25, 0.3) is 0 Å². The molecular weight excluding hydrogens is 190 g/mol. The molecule has 0 unspecified atom stereocenters. The average molecular weight is 203 g/mol. The highest BCUT2D eigenvalue weighted by Gasteiger charge is 1.98. The van der Waals surface area contributed by atoms with Crippen molar-refractivity contribution in [2.45, 2.75) is 0 Å². The molecule has 5 heteroatoms. The molecule has 0 bridgehead atoms. The van der Waals surface area contributed by atoms with Crippen LogP contribution in [0.1, 0.15) is 5.69 Å². The van der Waals surface area contributed by atoms with E-state index in [4.69, 9.17) is 0 Å². The van der Waals surface area contributed by atoms with Crippen LogP contribution in [0, 0.1) is 0 Å². The Labute approximate surface area is 88.2 Å². The summed E-state index contributed by atoms with van der Waals surface area (Å²) in [6.45, 7) is 0. The van der Waals surface area contributed by atoms with Crippen LogP contribution in [0.5, 0.6) is 0 Å². The smallest absolute Gasteiger partial charge is 0.115 e. The lowest BCUT2D eigenvalue weighted by molar-refractivity contribution is 0.440. The molecule has 15 heavy (non-hydrogen) atoms. The number of hydrazone groups is 1. The largest absolute Gasteiger partial charge is 0.303 e. The van der Waals surface area contributed by atoms with Crippen LogP contribution in [-0.4, -0.2) is 39.7 Å². The van der Waals surface area contributed by atoms with Crippen molar-refractivity contribution in [1.29, 1.82) is 0 Å². The van der Waals surface area contributed by atoms with Gasteiger partial charge >= 0.3 is 0 Å². The molecule has 0 amide bonds. The summed E-state index contributed by atoms with van der Waals surface area (Å²) < 4.78 is 3.84. The summed E-state index contributed by atoms with van der Waals surface area (Å²) in [6, 6.07) is 3.96. The number of rotatable bonds is 3. The van der Waals surface area contributed by atoms with Crippen LogP contribution in [0.2, 0.25) is 0 Å². The molecule has 2 heterocycles. The number of hydrogen-bond acceptors (Lipinski definition) is 3. The lowest BCUT2D eigenvalue weighted by atomic mass is 10.5. The van der Waals surface area contributed by atoms with E-state index in [1.54, 1.807) is 23.7 Å². The van der Waals surface area contributed by atoms with E-state index in [1.165, 1.54) is 0 Å². The van der Waals surface area contributed by atoms with E-state index in [2.05, 4.69) is 10.1 Å². The molecule has 78 valence electrons. The second kappa shape index (κ2) is 4.00. The van der Waals surface area contributed by atoms with Gasteiger partial charge in [-0.15, -0.1) is 0 Å². The molecule has 0 atom stereocenters. The van der Waals surface area contributed by atoms with Crippen molar-refractivity contribution < 1.29 is 0 Å². The van der Waals surface area contributed by atoms with Gasteiger partial charge in [-0.3, -0.25) is 4.68 Å². The van der Waals surface area contributed by atoms with Crippen LogP contribution in [0.4, 0.5) is 0 Å². The van der Waals surface area contributed by atoms with Gasteiger partial charge in [-0.1, -0.05) is 0 Å². The lowest BCUT2D eigenvalue weighted by Gasteiger charge is -2.07. The Morgan fingerprint density at radius 1 is 1.40 bits per heavy atom. The highest BCUT2D eigenvalue weighted by molar-refractivity contribution is 5.77. The van der Waals surface area contributed by atoms with Crippen LogP contribution in [-0.2, 0) is 0 Å². The second-order valence-corrected chi connectivity index (χ2v) is 3.31. The van der Waals surface area contributed by atoms with Crippen molar-refractivity contribution in [3.63, 3.8) is 0 Å². The maximum absolute atomic E-state index is 4.19. The summed E-state index contributed by atoms with van der Waals surface area (Å²) in [5.41, 5.74) is 1.00. The van der Waals surface area contributed by atoms with E-state index >= 15 is 0 Å². The van der Waals surface area contributed by atoms with Gasteiger partial charge in [0.2, 0.25) is 0 Å². The van der Waals surface area contributed by atoms with Crippen LogP contribution in [0.3, 0.4) is 0 Å². The molecule has 0 spiro atoms. The molecule has 0 aliphatic carbocycles. The number of aromatic nitrogens is 3. The molecule has 0 aromatic carbocycles. The Bertz CT molecular complexity index is 438. The third-order valence-electron chi connectivity index (χ3n) is 1.92.